The van der Waals surface area contributed by atoms with E-state index in [-0.39, 0.29) is 6.42 Å². The topological polar surface area (TPSA) is 49.3 Å². The molecule has 3 nitrogen and oxygen atoms in total. The fraction of sp³-hybridized carbons (Fsp3) is 0.522. The largest absolute Gasteiger partial charge is 0.481 e. The number of nitrogens with one attached hydrogen (secondary N) is 1. The second-order valence-corrected chi connectivity index (χ2v) is 8.90. The number of rotatable bonds is 9. The molecule has 3 aliphatic rings. The van der Waals surface area contributed by atoms with Gasteiger partial charge in [0.15, 0.2) is 0 Å². The van der Waals surface area contributed by atoms with Gasteiger partial charge in [-0.25, -0.2) is 0 Å². The number of carboxylic acid groups (broad SMARTS) is 1. The van der Waals surface area contributed by atoms with Crippen molar-refractivity contribution in [3.63, 3.8) is 0 Å². The number of benzene rings is 1. The van der Waals surface area contributed by atoms with E-state index in [9.17, 15) is 4.79 Å². The van der Waals surface area contributed by atoms with Crippen LogP contribution in [0.25, 0.3) is 0 Å². The number of fused-ring (bicyclic) bond motifs is 2. The van der Waals surface area contributed by atoms with Gasteiger partial charge in [-0.2, -0.15) is 0 Å². The van der Waals surface area contributed by atoms with Gasteiger partial charge in [-0.05, 0) is 86.1 Å². The van der Waals surface area contributed by atoms with Crippen LogP contribution in [0, 0.1) is 30.6 Å². The lowest BCUT2D eigenvalue weighted by Crippen LogP contribution is -2.41. The summed E-state index contributed by atoms with van der Waals surface area (Å²) in [6.07, 6.45) is 13.6. The van der Waals surface area contributed by atoms with Crippen molar-refractivity contribution >= 4 is 29.2 Å². The molecule has 28 heavy (non-hydrogen) atoms. The van der Waals surface area contributed by atoms with E-state index in [1.165, 1.54) is 12.8 Å². The fourth-order valence-corrected chi connectivity index (χ4v) is 5.32. The molecule has 1 aromatic carbocycles. The van der Waals surface area contributed by atoms with Crippen molar-refractivity contribution in [2.24, 2.45) is 23.7 Å². The molecule has 1 saturated carbocycles. The van der Waals surface area contributed by atoms with Gasteiger partial charge in [-0.15, -0.1) is 0 Å². The highest BCUT2D eigenvalue weighted by molar-refractivity contribution is 6.35. The number of halogens is 2. The summed E-state index contributed by atoms with van der Waals surface area (Å²) in [6.45, 7) is 3.74. The molecule has 4 rings (SSSR count). The maximum atomic E-state index is 10.7. The van der Waals surface area contributed by atoms with Crippen molar-refractivity contribution in [1.29, 1.82) is 0 Å². The van der Waals surface area contributed by atoms with Crippen molar-refractivity contribution in [1.82, 2.24) is 5.32 Å². The van der Waals surface area contributed by atoms with Gasteiger partial charge in [0, 0.05) is 23.0 Å². The van der Waals surface area contributed by atoms with Crippen LogP contribution < -0.4 is 5.32 Å². The lowest BCUT2D eigenvalue weighted by Gasteiger charge is -2.44. The number of allylic oxidation sites excluding steroid dienone is 4. The van der Waals surface area contributed by atoms with Gasteiger partial charge in [-0.3, -0.25) is 4.79 Å². The first kappa shape index (κ1) is 21.4. The molecule has 4 atom stereocenters. The molecule has 0 aliphatic heterocycles. The second kappa shape index (κ2) is 9.96. The normalized spacial score (nSPS) is 26.2. The lowest BCUT2D eigenvalue weighted by atomic mass is 9.62. The molecule has 2 N–H and O–H groups in total. The molecule has 0 spiro atoms. The highest BCUT2D eigenvalue weighted by atomic mass is 35.5. The number of hydrogen-bond donors (Lipinski definition) is 2. The maximum absolute atomic E-state index is 10.7. The smallest absolute Gasteiger partial charge is 0.303 e. The number of hydrogen-bond acceptors (Lipinski definition) is 2. The lowest BCUT2D eigenvalue weighted by molar-refractivity contribution is -0.137. The van der Waals surface area contributed by atoms with Gasteiger partial charge < -0.3 is 10.4 Å². The minimum Gasteiger partial charge on any atom is -0.481 e. The number of aliphatic carboxylic acids is 1. The van der Waals surface area contributed by atoms with Gasteiger partial charge in [0.05, 0.1) is 0 Å². The third-order valence-corrected chi connectivity index (χ3v) is 6.72. The molecular weight excluding hydrogens is 393 g/mol. The standard InChI is InChI=1S/C23H29Cl2NO2/c1-15-11-18(24)12-22(25)20(15)13-26-14-21-17-9-7-16(8-10-17)19(21)5-3-2-4-6-23(27)28/h3,5,7,9,11-12,16-17,19,21,26H,2,4,6,8,10,13-14H2,1H3,(H,27,28)/b5-3-/t16-,17+,19+,21+/m1/s1. The first-order valence-electron chi connectivity index (χ1n) is 10.2. The molecule has 0 unspecified atom stereocenters. The summed E-state index contributed by atoms with van der Waals surface area (Å²) in [4.78, 5) is 10.7. The SMILES string of the molecule is Cc1cc(Cl)cc(Cl)c1CNC[C@@H]1[C@@H](/C=C\CCCC(=O)O)[C@@H]2C=C[C@H]1CC2. The zero-order chi connectivity index (χ0) is 20.1. The van der Waals surface area contributed by atoms with Crippen LogP contribution in [0.4, 0.5) is 0 Å². The summed E-state index contributed by atoms with van der Waals surface area (Å²) in [5.74, 6) is 1.61. The molecule has 3 aliphatic carbocycles. The predicted molar refractivity (Wildman–Crippen MR) is 116 cm³/mol. The number of carbonyl (C=O) groups is 1. The van der Waals surface area contributed by atoms with E-state index in [0.717, 1.165) is 35.7 Å². The van der Waals surface area contributed by atoms with Gasteiger partial charge in [0.2, 0.25) is 0 Å². The summed E-state index contributed by atoms with van der Waals surface area (Å²) in [5, 5.41) is 13.8. The summed E-state index contributed by atoms with van der Waals surface area (Å²) < 4.78 is 0. The Hall–Kier alpha value is -1.29. The summed E-state index contributed by atoms with van der Waals surface area (Å²) in [6, 6.07) is 3.76. The minimum absolute atomic E-state index is 0.243. The van der Waals surface area contributed by atoms with E-state index >= 15 is 0 Å². The Labute approximate surface area is 177 Å². The molecule has 1 fully saturated rings. The van der Waals surface area contributed by atoms with Crippen LogP contribution in [-0.4, -0.2) is 17.6 Å². The number of unbranched alkanes of at least 4 members (excludes halogenated alkanes) is 1. The van der Waals surface area contributed by atoms with Crippen molar-refractivity contribution in [2.45, 2.75) is 45.6 Å². The van der Waals surface area contributed by atoms with E-state index in [1.54, 1.807) is 6.07 Å². The van der Waals surface area contributed by atoms with Crippen molar-refractivity contribution in [3.8, 4) is 0 Å². The summed E-state index contributed by atoms with van der Waals surface area (Å²) in [7, 11) is 0. The van der Waals surface area contributed by atoms with Crippen LogP contribution in [0.5, 0.6) is 0 Å². The Morgan fingerprint density at radius 2 is 2.00 bits per heavy atom. The molecule has 5 heteroatoms. The van der Waals surface area contributed by atoms with Gasteiger partial charge in [0.25, 0.3) is 0 Å². The molecule has 152 valence electrons. The van der Waals surface area contributed by atoms with Gasteiger partial charge >= 0.3 is 5.97 Å². The zero-order valence-corrected chi connectivity index (χ0v) is 17.8. The van der Waals surface area contributed by atoms with Crippen LogP contribution in [-0.2, 0) is 11.3 Å². The van der Waals surface area contributed by atoms with E-state index in [0.29, 0.717) is 35.1 Å². The Bertz CT molecular complexity index is 736. The van der Waals surface area contributed by atoms with E-state index in [1.807, 2.05) is 13.0 Å². The zero-order valence-electron chi connectivity index (χ0n) is 16.3. The number of aryl methyl sites for hydroxylation is 1. The van der Waals surface area contributed by atoms with Crippen LogP contribution in [0.1, 0.15) is 43.2 Å². The van der Waals surface area contributed by atoms with Gasteiger partial charge in [-0.1, -0.05) is 47.5 Å². The highest BCUT2D eigenvalue weighted by Crippen LogP contribution is 2.45. The predicted octanol–water partition coefficient (Wildman–Crippen LogP) is 6.03. The average molecular weight is 422 g/mol. The van der Waals surface area contributed by atoms with Crippen LogP contribution in [0.2, 0.25) is 10.0 Å². The Kier molecular flexibility index (Phi) is 7.62. The molecule has 1 aromatic rings. The van der Waals surface area contributed by atoms with E-state index in [4.69, 9.17) is 28.3 Å². The Morgan fingerprint density at radius 1 is 1.25 bits per heavy atom. The van der Waals surface area contributed by atoms with Crippen LogP contribution in [0.15, 0.2) is 36.4 Å². The van der Waals surface area contributed by atoms with Crippen molar-refractivity contribution in [3.05, 3.63) is 57.6 Å². The third-order valence-electron chi connectivity index (χ3n) is 6.16. The maximum Gasteiger partial charge on any atom is 0.303 e. The molecule has 2 bridgehead atoms. The molecule has 0 saturated heterocycles. The van der Waals surface area contributed by atoms with Crippen molar-refractivity contribution in [2.75, 3.05) is 6.54 Å². The van der Waals surface area contributed by atoms with Crippen molar-refractivity contribution < 1.29 is 9.90 Å². The first-order valence-corrected chi connectivity index (χ1v) is 10.9. The molecular formula is C23H29Cl2NO2. The van der Waals surface area contributed by atoms with Crippen LogP contribution in [0.3, 0.4) is 0 Å². The first-order chi connectivity index (χ1) is 13.5. The highest BCUT2D eigenvalue weighted by Gasteiger charge is 2.38. The van der Waals surface area contributed by atoms with E-state index in [2.05, 4.69) is 29.6 Å². The molecule has 0 radical (unpaired) electrons. The quantitative estimate of drug-likeness (QED) is 0.377. The van der Waals surface area contributed by atoms with Gasteiger partial charge in [0.1, 0.15) is 0 Å². The Morgan fingerprint density at radius 3 is 2.68 bits per heavy atom. The Balaban J connectivity index is 1.58. The van der Waals surface area contributed by atoms with E-state index < -0.39 is 5.97 Å². The summed E-state index contributed by atoms with van der Waals surface area (Å²) in [5.41, 5.74) is 2.23. The number of carboxylic acids is 1. The van der Waals surface area contributed by atoms with Crippen LogP contribution >= 0.6 is 23.2 Å². The monoisotopic (exact) mass is 421 g/mol. The molecule has 0 heterocycles. The third kappa shape index (κ3) is 5.40. The fourth-order valence-electron chi connectivity index (χ4n) is 4.66. The minimum atomic E-state index is -0.716. The average Bonchev–Trinajstić information content (AvgIpc) is 2.65. The summed E-state index contributed by atoms with van der Waals surface area (Å²) >= 11 is 12.5. The second-order valence-electron chi connectivity index (χ2n) is 8.06. The molecule has 0 amide bonds. The molecule has 0 aromatic heterocycles.